The summed E-state index contributed by atoms with van der Waals surface area (Å²) >= 11 is 0. The molecule has 1 aliphatic carbocycles. The molecule has 3 atom stereocenters. The Morgan fingerprint density at radius 2 is 2.10 bits per heavy atom. The highest BCUT2D eigenvalue weighted by atomic mass is 15.1. The van der Waals surface area contributed by atoms with Crippen molar-refractivity contribution in [2.75, 3.05) is 6.54 Å². The van der Waals surface area contributed by atoms with E-state index in [1.54, 1.807) is 0 Å². The van der Waals surface area contributed by atoms with E-state index in [4.69, 9.17) is 0 Å². The summed E-state index contributed by atoms with van der Waals surface area (Å²) in [5.41, 5.74) is 0.131. The van der Waals surface area contributed by atoms with Crippen LogP contribution in [0.3, 0.4) is 0 Å². The van der Waals surface area contributed by atoms with Crippen molar-refractivity contribution in [3.63, 3.8) is 0 Å². The summed E-state index contributed by atoms with van der Waals surface area (Å²) in [5, 5.41) is 3.73. The van der Waals surface area contributed by atoms with Gasteiger partial charge in [0.1, 0.15) is 5.82 Å². The van der Waals surface area contributed by atoms with Crippen LogP contribution in [-0.4, -0.2) is 22.1 Å². The van der Waals surface area contributed by atoms with Gasteiger partial charge in [-0.1, -0.05) is 34.1 Å². The van der Waals surface area contributed by atoms with Gasteiger partial charge in [-0.25, -0.2) is 4.98 Å². The Kier molecular flexibility index (Phi) is 4.90. The molecular weight excluding hydrogens is 246 g/mol. The summed E-state index contributed by atoms with van der Waals surface area (Å²) in [6.07, 6.45) is 8.03. The molecule has 20 heavy (non-hydrogen) atoms. The maximum atomic E-state index is 4.68. The molecule has 1 saturated carbocycles. The molecule has 1 aromatic heterocycles. The Morgan fingerprint density at radius 3 is 2.75 bits per heavy atom. The number of rotatable bonds is 5. The molecule has 0 aromatic carbocycles. The predicted octanol–water partition coefficient (Wildman–Crippen LogP) is 3.59. The molecule has 1 fully saturated rings. The number of aryl methyl sites for hydroxylation is 1. The monoisotopic (exact) mass is 277 g/mol. The van der Waals surface area contributed by atoms with E-state index in [2.05, 4.69) is 55.7 Å². The van der Waals surface area contributed by atoms with Gasteiger partial charge in [0.05, 0.1) is 0 Å². The van der Waals surface area contributed by atoms with Gasteiger partial charge in [-0.2, -0.15) is 0 Å². The lowest BCUT2D eigenvalue weighted by Gasteiger charge is -2.44. The zero-order valence-electron chi connectivity index (χ0n) is 13.8. The van der Waals surface area contributed by atoms with Crippen LogP contribution in [0.15, 0.2) is 12.4 Å². The second kappa shape index (κ2) is 6.30. The second-order valence-corrected chi connectivity index (χ2v) is 6.95. The van der Waals surface area contributed by atoms with Gasteiger partial charge in [0.2, 0.25) is 0 Å². The molecule has 0 bridgehead atoms. The summed E-state index contributed by atoms with van der Waals surface area (Å²) in [4.78, 5) is 4.68. The molecule has 0 spiro atoms. The first-order valence-corrected chi connectivity index (χ1v) is 8.25. The van der Waals surface area contributed by atoms with Crippen LogP contribution < -0.4 is 5.32 Å². The predicted molar refractivity (Wildman–Crippen MR) is 84.9 cm³/mol. The fourth-order valence-corrected chi connectivity index (χ4v) is 4.02. The Balaban J connectivity index is 2.26. The second-order valence-electron chi connectivity index (χ2n) is 6.95. The standard InChI is InChI=1S/C17H31N3/c1-6-18-15-12-13(3)8-9-14(15)17(4,5)16-19-10-11-20(16)7-2/h10-11,13-15,18H,6-9,12H2,1-5H3. The highest BCUT2D eigenvalue weighted by molar-refractivity contribution is 5.12. The van der Waals surface area contributed by atoms with Crippen LogP contribution in [0.1, 0.15) is 59.7 Å². The van der Waals surface area contributed by atoms with Crippen molar-refractivity contribution in [3.8, 4) is 0 Å². The van der Waals surface area contributed by atoms with Crippen molar-refractivity contribution in [2.45, 2.75) is 71.9 Å². The van der Waals surface area contributed by atoms with E-state index in [1.165, 1.54) is 25.1 Å². The van der Waals surface area contributed by atoms with Gasteiger partial charge >= 0.3 is 0 Å². The number of nitrogens with zero attached hydrogens (tertiary/aromatic N) is 2. The van der Waals surface area contributed by atoms with Crippen LogP contribution in [-0.2, 0) is 12.0 Å². The third kappa shape index (κ3) is 2.93. The molecule has 3 heteroatoms. The molecule has 114 valence electrons. The third-order valence-electron chi connectivity index (χ3n) is 5.14. The van der Waals surface area contributed by atoms with Gasteiger partial charge in [0.25, 0.3) is 0 Å². The van der Waals surface area contributed by atoms with Crippen LogP contribution in [0, 0.1) is 11.8 Å². The lowest BCUT2D eigenvalue weighted by Crippen LogP contribution is -2.49. The van der Waals surface area contributed by atoms with Gasteiger partial charge in [0, 0.05) is 30.4 Å². The Bertz CT molecular complexity index is 422. The molecule has 0 aliphatic heterocycles. The van der Waals surface area contributed by atoms with Crippen LogP contribution >= 0.6 is 0 Å². The van der Waals surface area contributed by atoms with Gasteiger partial charge in [-0.05, 0) is 38.1 Å². The van der Waals surface area contributed by atoms with Gasteiger partial charge in [-0.3, -0.25) is 0 Å². The molecule has 3 nitrogen and oxygen atoms in total. The van der Waals surface area contributed by atoms with Crippen molar-refractivity contribution in [3.05, 3.63) is 18.2 Å². The zero-order valence-corrected chi connectivity index (χ0v) is 13.8. The summed E-state index contributed by atoms with van der Waals surface area (Å²) in [7, 11) is 0. The van der Waals surface area contributed by atoms with Crippen molar-refractivity contribution in [2.24, 2.45) is 11.8 Å². The minimum atomic E-state index is 0.131. The van der Waals surface area contributed by atoms with Gasteiger partial charge in [-0.15, -0.1) is 0 Å². The van der Waals surface area contributed by atoms with E-state index in [0.717, 1.165) is 19.0 Å². The molecular formula is C17H31N3. The smallest absolute Gasteiger partial charge is 0.114 e. The molecule has 1 heterocycles. The normalized spacial score (nSPS) is 27.8. The summed E-state index contributed by atoms with van der Waals surface area (Å²) in [6, 6.07) is 0.626. The summed E-state index contributed by atoms with van der Waals surface area (Å²) in [5.74, 6) is 2.77. The highest BCUT2D eigenvalue weighted by Crippen LogP contribution is 2.41. The maximum absolute atomic E-state index is 4.68. The highest BCUT2D eigenvalue weighted by Gasteiger charge is 2.41. The Hall–Kier alpha value is -0.830. The topological polar surface area (TPSA) is 29.9 Å². The van der Waals surface area contributed by atoms with E-state index < -0.39 is 0 Å². The average Bonchev–Trinajstić information content (AvgIpc) is 2.88. The third-order valence-corrected chi connectivity index (χ3v) is 5.14. The Labute approximate surface area is 124 Å². The number of hydrogen-bond acceptors (Lipinski definition) is 2. The van der Waals surface area contributed by atoms with Crippen LogP contribution in [0.25, 0.3) is 0 Å². The molecule has 1 aromatic rings. The van der Waals surface area contributed by atoms with E-state index in [1.807, 2.05) is 6.20 Å². The largest absolute Gasteiger partial charge is 0.335 e. The molecule has 0 saturated heterocycles. The number of imidazole rings is 1. The SMILES string of the molecule is CCNC1CC(C)CCC1C(C)(C)c1nccn1CC. The van der Waals surface area contributed by atoms with Crippen molar-refractivity contribution >= 4 is 0 Å². The molecule has 3 unspecified atom stereocenters. The molecule has 1 N–H and O–H groups in total. The minimum Gasteiger partial charge on any atom is -0.335 e. The first kappa shape index (κ1) is 15.6. The minimum absolute atomic E-state index is 0.131. The molecule has 2 rings (SSSR count). The van der Waals surface area contributed by atoms with Crippen molar-refractivity contribution in [1.82, 2.24) is 14.9 Å². The zero-order chi connectivity index (χ0) is 14.8. The summed E-state index contributed by atoms with van der Waals surface area (Å²) < 4.78 is 2.31. The quantitative estimate of drug-likeness (QED) is 0.891. The van der Waals surface area contributed by atoms with E-state index >= 15 is 0 Å². The number of aromatic nitrogens is 2. The van der Waals surface area contributed by atoms with Crippen LogP contribution in [0.2, 0.25) is 0 Å². The number of nitrogens with one attached hydrogen (secondary N) is 1. The lowest BCUT2D eigenvalue weighted by atomic mass is 9.66. The van der Waals surface area contributed by atoms with Gasteiger partial charge in [0.15, 0.2) is 0 Å². The van der Waals surface area contributed by atoms with E-state index in [9.17, 15) is 0 Å². The fourth-order valence-electron chi connectivity index (χ4n) is 4.02. The fraction of sp³-hybridized carbons (Fsp3) is 0.824. The van der Waals surface area contributed by atoms with Crippen molar-refractivity contribution in [1.29, 1.82) is 0 Å². The van der Waals surface area contributed by atoms with E-state index in [0.29, 0.717) is 12.0 Å². The van der Waals surface area contributed by atoms with E-state index in [-0.39, 0.29) is 5.41 Å². The van der Waals surface area contributed by atoms with Crippen LogP contribution in [0.5, 0.6) is 0 Å². The molecule has 0 amide bonds. The first-order valence-electron chi connectivity index (χ1n) is 8.25. The summed E-state index contributed by atoms with van der Waals surface area (Å²) in [6.45, 7) is 13.6. The molecule has 1 aliphatic rings. The van der Waals surface area contributed by atoms with Gasteiger partial charge < -0.3 is 9.88 Å². The maximum Gasteiger partial charge on any atom is 0.114 e. The van der Waals surface area contributed by atoms with Crippen LogP contribution in [0.4, 0.5) is 0 Å². The molecule has 0 radical (unpaired) electrons. The van der Waals surface area contributed by atoms with Crippen molar-refractivity contribution < 1.29 is 0 Å². The first-order chi connectivity index (χ1) is 9.50. The average molecular weight is 277 g/mol. The lowest BCUT2D eigenvalue weighted by molar-refractivity contribution is 0.139. The Morgan fingerprint density at radius 1 is 1.35 bits per heavy atom. The number of hydrogen-bond donors (Lipinski definition) is 1.